The number of nitrogens with zero attached hydrogens (tertiary/aromatic N) is 3. The van der Waals surface area contributed by atoms with Gasteiger partial charge in [0.25, 0.3) is 0 Å². The van der Waals surface area contributed by atoms with E-state index in [1.165, 1.54) is 6.42 Å². The fourth-order valence-electron chi connectivity index (χ4n) is 4.20. The van der Waals surface area contributed by atoms with Crippen LogP contribution in [0.25, 0.3) is 0 Å². The van der Waals surface area contributed by atoms with Crippen LogP contribution in [-0.2, 0) is 32.7 Å². The monoisotopic (exact) mass is 433 g/mol. The summed E-state index contributed by atoms with van der Waals surface area (Å²) in [4.78, 5) is 41.7. The second-order valence-corrected chi connectivity index (χ2v) is 8.90. The first kappa shape index (κ1) is 25.0. The van der Waals surface area contributed by atoms with Crippen LogP contribution in [0.2, 0.25) is 0 Å². The number of aryl methyl sites for hydroxylation is 1. The third-order valence-corrected chi connectivity index (χ3v) is 5.83. The lowest BCUT2D eigenvalue weighted by Crippen LogP contribution is -2.48. The van der Waals surface area contributed by atoms with Gasteiger partial charge in [-0.2, -0.15) is 0 Å². The minimum atomic E-state index is -0.365. The Kier molecular flexibility index (Phi) is 10.1. The van der Waals surface area contributed by atoms with Crippen LogP contribution in [0, 0.1) is 5.92 Å². The van der Waals surface area contributed by atoms with Gasteiger partial charge in [0, 0.05) is 37.9 Å². The average molecular weight is 434 g/mol. The fraction of sp³-hybridized carbons (Fsp3) is 0.708. The van der Waals surface area contributed by atoms with Crippen molar-refractivity contribution in [2.75, 3.05) is 19.7 Å². The molecule has 1 aliphatic carbocycles. The number of aromatic nitrogens is 1. The van der Waals surface area contributed by atoms with E-state index in [9.17, 15) is 14.4 Å². The Hall–Kier alpha value is -2.31. The molecule has 2 amide bonds. The third kappa shape index (κ3) is 8.04. The van der Waals surface area contributed by atoms with Crippen molar-refractivity contribution in [2.24, 2.45) is 13.0 Å². The van der Waals surface area contributed by atoms with Crippen molar-refractivity contribution < 1.29 is 19.1 Å². The Morgan fingerprint density at radius 3 is 2.42 bits per heavy atom. The van der Waals surface area contributed by atoms with Gasteiger partial charge in [0.15, 0.2) is 0 Å². The normalized spacial score (nSPS) is 14.5. The van der Waals surface area contributed by atoms with E-state index in [2.05, 4.69) is 13.8 Å². The minimum absolute atomic E-state index is 0.0371. The standard InChI is InChI=1S/C24H39N3O4/c1-5-31-24(30)14-13-22(28)27(20-10-7-6-8-11-20)18-23(29)26(16-19(2)3)17-21-12-9-15-25(21)4/h9,12,15,19-20H,5-8,10-11,13-14,16-18H2,1-4H3. The SMILES string of the molecule is CCOC(=O)CCC(=O)N(CC(=O)N(Cc1cccn1C)CC(C)C)C1CCCCC1. The molecule has 0 unspecified atom stereocenters. The Morgan fingerprint density at radius 1 is 1.13 bits per heavy atom. The summed E-state index contributed by atoms with van der Waals surface area (Å²) in [5.74, 6) is -0.204. The summed E-state index contributed by atoms with van der Waals surface area (Å²) in [6, 6.07) is 4.06. The van der Waals surface area contributed by atoms with E-state index in [0.717, 1.165) is 31.4 Å². The van der Waals surface area contributed by atoms with E-state index < -0.39 is 0 Å². The lowest BCUT2D eigenvalue weighted by Gasteiger charge is -2.36. The summed E-state index contributed by atoms with van der Waals surface area (Å²) < 4.78 is 6.98. The summed E-state index contributed by atoms with van der Waals surface area (Å²) in [6.45, 7) is 7.48. The lowest BCUT2D eigenvalue weighted by molar-refractivity contribution is -0.148. The molecule has 1 fully saturated rings. The highest BCUT2D eigenvalue weighted by Gasteiger charge is 2.29. The first-order valence-electron chi connectivity index (χ1n) is 11.6. The minimum Gasteiger partial charge on any atom is -0.466 e. The summed E-state index contributed by atoms with van der Waals surface area (Å²) in [6.07, 6.45) is 7.26. The fourth-order valence-corrected chi connectivity index (χ4v) is 4.20. The molecule has 2 rings (SSSR count). The molecule has 174 valence electrons. The molecule has 1 aromatic rings. The van der Waals surface area contributed by atoms with E-state index in [4.69, 9.17) is 4.74 Å². The summed E-state index contributed by atoms with van der Waals surface area (Å²) >= 11 is 0. The Bertz CT molecular complexity index is 722. The van der Waals surface area contributed by atoms with Gasteiger partial charge in [0.1, 0.15) is 6.54 Å². The second-order valence-electron chi connectivity index (χ2n) is 8.90. The van der Waals surface area contributed by atoms with Crippen molar-refractivity contribution in [1.82, 2.24) is 14.4 Å². The van der Waals surface area contributed by atoms with Gasteiger partial charge in [-0.3, -0.25) is 14.4 Å². The van der Waals surface area contributed by atoms with E-state index in [-0.39, 0.29) is 43.2 Å². The number of ether oxygens (including phenoxy) is 1. The lowest BCUT2D eigenvalue weighted by atomic mass is 9.93. The quantitative estimate of drug-likeness (QED) is 0.501. The predicted molar refractivity (Wildman–Crippen MR) is 120 cm³/mol. The van der Waals surface area contributed by atoms with Crippen LogP contribution in [0.15, 0.2) is 18.3 Å². The molecular formula is C24H39N3O4. The van der Waals surface area contributed by atoms with Crippen molar-refractivity contribution in [3.8, 4) is 0 Å². The molecule has 0 saturated heterocycles. The van der Waals surface area contributed by atoms with Gasteiger partial charge in [0.2, 0.25) is 11.8 Å². The number of carbonyl (C=O) groups excluding carboxylic acids is 3. The predicted octanol–water partition coefficient (Wildman–Crippen LogP) is 3.51. The highest BCUT2D eigenvalue weighted by Crippen LogP contribution is 2.24. The van der Waals surface area contributed by atoms with Gasteiger partial charge in [0.05, 0.1) is 19.6 Å². The molecular weight excluding hydrogens is 394 g/mol. The number of hydrogen-bond donors (Lipinski definition) is 0. The first-order chi connectivity index (χ1) is 14.8. The maximum Gasteiger partial charge on any atom is 0.306 e. The molecule has 1 saturated carbocycles. The van der Waals surface area contributed by atoms with Crippen LogP contribution in [0.1, 0.15) is 71.4 Å². The van der Waals surface area contributed by atoms with E-state index >= 15 is 0 Å². The van der Waals surface area contributed by atoms with Crippen molar-refractivity contribution >= 4 is 17.8 Å². The van der Waals surface area contributed by atoms with E-state index in [1.54, 1.807) is 11.8 Å². The topological polar surface area (TPSA) is 71.8 Å². The molecule has 31 heavy (non-hydrogen) atoms. The zero-order valence-electron chi connectivity index (χ0n) is 19.6. The molecule has 0 atom stereocenters. The number of carbonyl (C=O) groups is 3. The van der Waals surface area contributed by atoms with Gasteiger partial charge in [-0.1, -0.05) is 33.1 Å². The van der Waals surface area contributed by atoms with Crippen LogP contribution in [0.4, 0.5) is 0 Å². The van der Waals surface area contributed by atoms with E-state index in [1.807, 2.05) is 34.8 Å². The number of amides is 2. The van der Waals surface area contributed by atoms with Crippen LogP contribution in [-0.4, -0.2) is 57.9 Å². The van der Waals surface area contributed by atoms with Gasteiger partial charge in [-0.05, 0) is 37.8 Å². The van der Waals surface area contributed by atoms with Crippen LogP contribution >= 0.6 is 0 Å². The molecule has 0 aliphatic heterocycles. The molecule has 7 heteroatoms. The van der Waals surface area contributed by atoms with E-state index in [0.29, 0.717) is 25.6 Å². The van der Waals surface area contributed by atoms with Crippen LogP contribution in [0.5, 0.6) is 0 Å². The van der Waals surface area contributed by atoms with Gasteiger partial charge in [-0.15, -0.1) is 0 Å². The van der Waals surface area contributed by atoms with Crippen molar-refractivity contribution in [3.05, 3.63) is 24.0 Å². The average Bonchev–Trinajstić information content (AvgIpc) is 3.14. The van der Waals surface area contributed by atoms with Crippen molar-refractivity contribution in [1.29, 1.82) is 0 Å². The van der Waals surface area contributed by atoms with Crippen molar-refractivity contribution in [2.45, 2.75) is 78.3 Å². The van der Waals surface area contributed by atoms with Gasteiger partial charge < -0.3 is 19.1 Å². The molecule has 0 aromatic carbocycles. The van der Waals surface area contributed by atoms with Crippen LogP contribution < -0.4 is 0 Å². The molecule has 0 bridgehead atoms. The molecule has 1 heterocycles. The highest BCUT2D eigenvalue weighted by molar-refractivity contribution is 5.86. The van der Waals surface area contributed by atoms with Gasteiger partial charge in [-0.25, -0.2) is 0 Å². The molecule has 0 N–H and O–H groups in total. The maximum absolute atomic E-state index is 13.3. The Balaban J connectivity index is 2.11. The zero-order chi connectivity index (χ0) is 22.8. The molecule has 0 radical (unpaired) electrons. The number of rotatable bonds is 11. The third-order valence-electron chi connectivity index (χ3n) is 5.83. The molecule has 0 spiro atoms. The Labute approximate surface area is 186 Å². The zero-order valence-corrected chi connectivity index (χ0v) is 19.6. The molecule has 1 aliphatic rings. The van der Waals surface area contributed by atoms with Crippen LogP contribution in [0.3, 0.4) is 0 Å². The number of esters is 1. The molecule has 7 nitrogen and oxygen atoms in total. The van der Waals surface area contributed by atoms with Gasteiger partial charge >= 0.3 is 5.97 Å². The smallest absolute Gasteiger partial charge is 0.306 e. The first-order valence-corrected chi connectivity index (χ1v) is 11.6. The maximum atomic E-state index is 13.3. The summed E-state index contributed by atoms with van der Waals surface area (Å²) in [7, 11) is 1.97. The molecule has 1 aromatic heterocycles. The van der Waals surface area contributed by atoms with Crippen molar-refractivity contribution in [3.63, 3.8) is 0 Å². The summed E-state index contributed by atoms with van der Waals surface area (Å²) in [5.41, 5.74) is 1.06. The summed E-state index contributed by atoms with van der Waals surface area (Å²) in [5, 5.41) is 0. The largest absolute Gasteiger partial charge is 0.466 e. The Morgan fingerprint density at radius 2 is 1.84 bits per heavy atom. The highest BCUT2D eigenvalue weighted by atomic mass is 16.5. The second kappa shape index (κ2) is 12.5. The number of hydrogen-bond acceptors (Lipinski definition) is 4.